The molecule has 8 N–H and O–H groups in total. The van der Waals surface area contributed by atoms with E-state index in [-0.39, 0.29) is 164 Å². The lowest BCUT2D eigenvalue weighted by molar-refractivity contribution is -0.154. The Hall–Kier alpha value is -6.55. The molecule has 0 bridgehead atoms. The van der Waals surface area contributed by atoms with Gasteiger partial charge in [0.25, 0.3) is 0 Å². The summed E-state index contributed by atoms with van der Waals surface area (Å²) in [5, 5.41) is 33.2. The molecule has 2 unspecified atom stereocenters. The van der Waals surface area contributed by atoms with Crippen LogP contribution in [-0.2, 0) is 85.8 Å². The Kier molecular flexibility index (Phi) is 71.6. The Morgan fingerprint density at radius 3 is 1.01 bits per heavy atom. The molecule has 0 spiro atoms. The average Bonchev–Trinajstić information content (AvgIpc) is 1.95. The molecule has 0 aliphatic heterocycles. The number of urea groups is 2. The van der Waals surface area contributed by atoms with E-state index in [9.17, 15) is 52.7 Å². The third kappa shape index (κ3) is 59.0. The van der Waals surface area contributed by atoms with Gasteiger partial charge in [-0.05, 0) is 84.0 Å². The molecule has 0 aromatic carbocycles. The fraction of sp³-hybridized carbons (Fsp3) is 0.623. The predicted molar refractivity (Wildman–Crippen MR) is 367 cm³/mol. The summed E-state index contributed by atoms with van der Waals surface area (Å²) in [5.74, 6) is -5.02. The average molecular weight is 1400 g/mol. The molecule has 0 aliphatic rings. The van der Waals surface area contributed by atoms with Crippen molar-refractivity contribution >= 4 is 120 Å². The minimum atomic E-state index is -1.20. The number of unbranched alkanes of at least 4 members (excludes halogenated alkanes) is 6. The molecule has 0 aliphatic carbocycles. The summed E-state index contributed by atoms with van der Waals surface area (Å²) in [5.41, 5.74) is 0. The van der Waals surface area contributed by atoms with Crippen molar-refractivity contribution in [3.05, 3.63) is 75.9 Å². The number of aliphatic hydroxyl groups is 2. The second-order valence-corrected chi connectivity index (χ2v) is 19.2. The van der Waals surface area contributed by atoms with Gasteiger partial charge in [0.1, 0.15) is 76.5 Å². The number of carbonyl (C=O) groups excluding carboxylic acids is 11. The number of nitrogens with one attached hydrogen (secondary N) is 6. The van der Waals surface area contributed by atoms with Crippen LogP contribution in [0.25, 0.3) is 0 Å². The Labute approximate surface area is 575 Å². The predicted octanol–water partition coefficient (Wildman–Crippen LogP) is 4.08. The zero-order valence-electron chi connectivity index (χ0n) is 53.8. The molecule has 0 aromatic rings. The zero-order valence-corrected chi connectivity index (χ0v) is 57.8. The van der Waals surface area contributed by atoms with Crippen LogP contribution in [-0.4, -0.2) is 199 Å². The number of rotatable bonds is 54. The number of amides is 6. The lowest BCUT2D eigenvalue weighted by atomic mass is 10.1. The first-order valence-corrected chi connectivity index (χ1v) is 29.8. The molecule has 0 saturated heterocycles. The van der Waals surface area contributed by atoms with Crippen LogP contribution in [0.3, 0.4) is 0 Å². The lowest BCUT2D eigenvalue weighted by Crippen LogP contribution is -2.52. The Morgan fingerprint density at radius 2 is 0.688 bits per heavy atom. The van der Waals surface area contributed by atoms with E-state index < -0.39 is 84.1 Å². The molecule has 5 atom stereocenters. The molecule has 0 radical (unpaired) electrons. The summed E-state index contributed by atoms with van der Waals surface area (Å²) in [4.78, 5) is 135. The number of esters is 7. The van der Waals surface area contributed by atoms with E-state index in [1.165, 1.54) is 43.4 Å². The second-order valence-electron chi connectivity index (χ2n) is 19.2. The van der Waals surface area contributed by atoms with Crippen molar-refractivity contribution in [2.24, 2.45) is 0 Å². The standard InChI is InChI=1S/C32H51N3O12.C29H47N3O10.4H2S/c1-5-18-44-28(38)16-15-26(31(41)46-20-7-3)35-32(42)34-25(30(40)45-19-6-2)13-10-11-17-33-27(37)14-9-8-12-21-43-22-23-47-29(39)24(4)36;1-4-18-40-26(35)15-14-24(28(37)42-20-6-3)32-29(38)31-23(27(36)41-19-5-2)12-9-10-16-30-25(34)13-8-7-11-21-39-22-17-33;;;;/h5-7,24-26,36H,1-3,8-23H2,4H3,(H,33,37)(H2,34,35,42);4-6,23-24,33H,1-3,7-22H2,(H,30,34)(H2,31,32,38);4*1H2/t24?,25-,26-;23-,24?;;;;/m00..../s1. The minimum absolute atomic E-state index is 0. The quantitative estimate of drug-likeness (QED) is 0.0184. The molecule has 0 heterocycles. The van der Waals surface area contributed by atoms with Crippen LogP contribution in [0.2, 0.25) is 0 Å². The molecular weight excluding hydrogens is 1300 g/mol. The van der Waals surface area contributed by atoms with Gasteiger partial charge in [0.05, 0.1) is 19.8 Å². The van der Waals surface area contributed by atoms with E-state index in [0.29, 0.717) is 77.9 Å². The Balaban J connectivity index is -0.000000392. The van der Waals surface area contributed by atoms with E-state index in [4.69, 9.17) is 52.8 Å². The highest BCUT2D eigenvalue weighted by atomic mass is 32.1. The van der Waals surface area contributed by atoms with Crippen molar-refractivity contribution in [2.45, 2.75) is 153 Å². The van der Waals surface area contributed by atoms with E-state index in [2.05, 4.69) is 71.4 Å². The van der Waals surface area contributed by atoms with Crippen LogP contribution >= 0.6 is 54.0 Å². The van der Waals surface area contributed by atoms with Crippen molar-refractivity contribution < 1.29 is 106 Å². The van der Waals surface area contributed by atoms with Gasteiger partial charge >= 0.3 is 53.8 Å². The molecule has 0 fully saturated rings. The topological polar surface area (TPSA) is 383 Å². The molecule has 93 heavy (non-hydrogen) atoms. The number of aliphatic hydroxyl groups excluding tert-OH is 2. The number of ether oxygens (including phenoxy) is 9. The van der Waals surface area contributed by atoms with Gasteiger partial charge in [0.15, 0.2) is 0 Å². The van der Waals surface area contributed by atoms with Gasteiger partial charge in [-0.3, -0.25) is 19.2 Å². The first-order chi connectivity index (χ1) is 42.8. The SMILES string of the molecule is C=CCOC(=O)CCC(NC(=O)N[C@@H](CCCCNC(=O)CCCCCOCCO)C(=O)OCC=C)C(=O)OCC=C.C=CCOC(=O)CC[C@H](NC(=O)N[C@@H](CCCCNC(=O)CCCCCOCCOC(=O)C(C)O)C(=O)OCC=C)C(=O)OCC=C.S.S.S.S. The molecular formula is C61H106N6O22S4. The van der Waals surface area contributed by atoms with Crippen molar-refractivity contribution in [1.82, 2.24) is 31.9 Å². The van der Waals surface area contributed by atoms with Crippen LogP contribution in [0, 0.1) is 0 Å². The van der Waals surface area contributed by atoms with E-state index in [1.54, 1.807) is 0 Å². The highest BCUT2D eigenvalue weighted by Crippen LogP contribution is 2.10. The molecule has 0 rings (SSSR count). The fourth-order valence-electron chi connectivity index (χ4n) is 7.15. The lowest BCUT2D eigenvalue weighted by Gasteiger charge is -2.21. The summed E-state index contributed by atoms with van der Waals surface area (Å²) in [6.45, 7) is 24.3. The van der Waals surface area contributed by atoms with Gasteiger partial charge < -0.3 is 84.7 Å². The third-order valence-corrected chi connectivity index (χ3v) is 11.6. The first-order valence-electron chi connectivity index (χ1n) is 29.8. The molecule has 6 amide bonds. The van der Waals surface area contributed by atoms with Crippen molar-refractivity contribution in [3.8, 4) is 0 Å². The van der Waals surface area contributed by atoms with Crippen LogP contribution in [0.5, 0.6) is 0 Å². The van der Waals surface area contributed by atoms with Gasteiger partial charge in [0.2, 0.25) is 11.8 Å². The summed E-state index contributed by atoms with van der Waals surface area (Å²) in [7, 11) is 0. The monoisotopic (exact) mass is 1400 g/mol. The molecule has 536 valence electrons. The maximum atomic E-state index is 12.8. The van der Waals surface area contributed by atoms with Crippen LogP contribution in [0.1, 0.15) is 122 Å². The number of hydrogen-bond donors (Lipinski definition) is 8. The molecule has 28 nitrogen and oxygen atoms in total. The highest BCUT2D eigenvalue weighted by molar-refractivity contribution is 7.59. The van der Waals surface area contributed by atoms with Gasteiger partial charge in [-0.2, -0.15) is 54.0 Å². The smallest absolute Gasteiger partial charge is 0.334 e. The van der Waals surface area contributed by atoms with E-state index in [1.807, 2.05) is 0 Å². The van der Waals surface area contributed by atoms with E-state index >= 15 is 0 Å². The maximum absolute atomic E-state index is 12.8. The number of hydrogen-bond acceptors (Lipinski definition) is 22. The van der Waals surface area contributed by atoms with Gasteiger partial charge in [-0.1, -0.05) is 88.8 Å². The largest absolute Gasteiger partial charge is 0.461 e. The van der Waals surface area contributed by atoms with Crippen LogP contribution in [0.15, 0.2) is 75.9 Å². The first kappa shape index (κ1) is 97.5. The van der Waals surface area contributed by atoms with Gasteiger partial charge in [0, 0.05) is 52.0 Å². The van der Waals surface area contributed by atoms with Gasteiger partial charge in [-0.25, -0.2) is 33.6 Å². The Bertz CT molecular complexity index is 2170. The van der Waals surface area contributed by atoms with Crippen LogP contribution in [0.4, 0.5) is 9.59 Å². The Morgan fingerprint density at radius 1 is 0.366 bits per heavy atom. The van der Waals surface area contributed by atoms with Gasteiger partial charge in [-0.15, -0.1) is 0 Å². The fourth-order valence-corrected chi connectivity index (χ4v) is 7.15. The normalized spacial score (nSPS) is 11.5. The summed E-state index contributed by atoms with van der Waals surface area (Å²) in [6, 6.07) is -6.15. The molecule has 0 aromatic heterocycles. The molecule has 32 heteroatoms. The number of carbonyl (C=O) groups is 11. The third-order valence-electron chi connectivity index (χ3n) is 11.6. The van der Waals surface area contributed by atoms with E-state index in [0.717, 1.165) is 32.1 Å². The maximum Gasteiger partial charge on any atom is 0.334 e. The molecule has 0 saturated carbocycles. The van der Waals surface area contributed by atoms with Crippen LogP contribution < -0.4 is 31.9 Å². The second kappa shape index (κ2) is 68.3. The van der Waals surface area contributed by atoms with Crippen molar-refractivity contribution in [2.75, 3.05) is 92.4 Å². The summed E-state index contributed by atoms with van der Waals surface area (Å²) in [6.07, 6.45) is 14.3. The zero-order chi connectivity index (χ0) is 66.7. The minimum Gasteiger partial charge on any atom is -0.461 e. The van der Waals surface area contributed by atoms with Crippen molar-refractivity contribution in [3.63, 3.8) is 0 Å². The summed E-state index contributed by atoms with van der Waals surface area (Å²) < 4.78 is 45.3. The van der Waals surface area contributed by atoms with Crippen molar-refractivity contribution in [1.29, 1.82) is 0 Å². The summed E-state index contributed by atoms with van der Waals surface area (Å²) >= 11 is 0. The highest BCUT2D eigenvalue weighted by Gasteiger charge is 2.29.